The summed E-state index contributed by atoms with van der Waals surface area (Å²) in [4.78, 5) is 26.5. The molecule has 1 saturated heterocycles. The monoisotopic (exact) mass is 368 g/mol. The van der Waals surface area contributed by atoms with Crippen LogP contribution in [-0.2, 0) is 19.6 Å². The minimum atomic E-state index is -3.32. The summed E-state index contributed by atoms with van der Waals surface area (Å²) in [5.41, 5.74) is 0.599. The van der Waals surface area contributed by atoms with Gasteiger partial charge in [0.25, 0.3) is 5.91 Å². The maximum atomic E-state index is 12.5. The first kappa shape index (κ1) is 19.4. The van der Waals surface area contributed by atoms with E-state index in [4.69, 9.17) is 4.74 Å². The van der Waals surface area contributed by atoms with Gasteiger partial charge in [-0.25, -0.2) is 13.1 Å². The van der Waals surface area contributed by atoms with Gasteiger partial charge in [0.15, 0.2) is 0 Å². The second kappa shape index (κ2) is 8.44. The summed E-state index contributed by atoms with van der Waals surface area (Å²) in [6.07, 6.45) is 1.87. The van der Waals surface area contributed by atoms with Gasteiger partial charge in [-0.2, -0.15) is 0 Å². The molecule has 0 aliphatic carbocycles. The van der Waals surface area contributed by atoms with Crippen molar-refractivity contribution in [1.82, 2.24) is 9.62 Å². The average Bonchev–Trinajstić information content (AvgIpc) is 2.59. The second-order valence-corrected chi connectivity index (χ2v) is 8.16. The van der Waals surface area contributed by atoms with Crippen molar-refractivity contribution in [3.63, 3.8) is 0 Å². The molecule has 0 bridgehead atoms. The Morgan fingerprint density at radius 2 is 2.00 bits per heavy atom. The first-order chi connectivity index (χ1) is 11.8. The largest absolute Gasteiger partial charge is 0.461 e. The van der Waals surface area contributed by atoms with Gasteiger partial charge in [-0.1, -0.05) is 18.2 Å². The molecular formula is C17H24N2O5S. The van der Waals surface area contributed by atoms with Crippen molar-refractivity contribution in [2.75, 3.05) is 25.9 Å². The van der Waals surface area contributed by atoms with Crippen LogP contribution in [0.4, 0.5) is 0 Å². The Labute approximate surface area is 148 Å². The van der Waals surface area contributed by atoms with Crippen LogP contribution >= 0.6 is 0 Å². The summed E-state index contributed by atoms with van der Waals surface area (Å²) in [5, 5.41) is 0. The zero-order valence-electron chi connectivity index (χ0n) is 14.5. The van der Waals surface area contributed by atoms with E-state index in [1.54, 1.807) is 36.1 Å². The van der Waals surface area contributed by atoms with Crippen LogP contribution in [-0.4, -0.2) is 57.2 Å². The minimum absolute atomic E-state index is 0.0317. The van der Waals surface area contributed by atoms with Gasteiger partial charge in [-0.3, -0.25) is 9.59 Å². The molecule has 25 heavy (non-hydrogen) atoms. The first-order valence-electron chi connectivity index (χ1n) is 8.25. The molecule has 1 heterocycles. The number of nitrogens with one attached hydrogen (secondary N) is 1. The number of carbonyl (C=O) groups excluding carboxylic acids is 2. The minimum Gasteiger partial charge on any atom is -0.461 e. The fourth-order valence-electron chi connectivity index (χ4n) is 2.72. The molecule has 2 rings (SSSR count). The highest BCUT2D eigenvalue weighted by Gasteiger charge is 2.30. The Balaban J connectivity index is 1.89. The SMILES string of the molecule is CC(CNS(C)(=O)=O)OC(=O)C1CCCN(C(=O)c2ccccc2)C1. The van der Waals surface area contributed by atoms with Crippen LogP contribution in [0.15, 0.2) is 30.3 Å². The van der Waals surface area contributed by atoms with E-state index < -0.39 is 22.1 Å². The highest BCUT2D eigenvalue weighted by Crippen LogP contribution is 2.20. The van der Waals surface area contributed by atoms with Crippen molar-refractivity contribution < 1.29 is 22.7 Å². The number of piperidine rings is 1. The van der Waals surface area contributed by atoms with Gasteiger partial charge in [0, 0.05) is 25.2 Å². The van der Waals surface area contributed by atoms with E-state index in [1.165, 1.54) is 0 Å². The number of rotatable bonds is 6. The first-order valence-corrected chi connectivity index (χ1v) is 10.1. The van der Waals surface area contributed by atoms with Crippen LogP contribution in [0.2, 0.25) is 0 Å². The Hall–Kier alpha value is -1.93. The third-order valence-electron chi connectivity index (χ3n) is 4.01. The highest BCUT2D eigenvalue weighted by atomic mass is 32.2. The van der Waals surface area contributed by atoms with E-state index in [1.807, 2.05) is 6.07 Å². The molecule has 2 unspecified atom stereocenters. The highest BCUT2D eigenvalue weighted by molar-refractivity contribution is 7.88. The smallest absolute Gasteiger partial charge is 0.311 e. The molecule has 0 aromatic heterocycles. The van der Waals surface area contributed by atoms with E-state index in [-0.39, 0.29) is 18.4 Å². The van der Waals surface area contributed by atoms with Crippen LogP contribution in [0.5, 0.6) is 0 Å². The summed E-state index contributed by atoms with van der Waals surface area (Å²) in [6, 6.07) is 8.96. The van der Waals surface area contributed by atoms with E-state index in [9.17, 15) is 18.0 Å². The lowest BCUT2D eigenvalue weighted by molar-refractivity contribution is -0.154. The van der Waals surface area contributed by atoms with Crippen LogP contribution in [0.25, 0.3) is 0 Å². The number of likely N-dealkylation sites (tertiary alicyclic amines) is 1. The molecule has 7 nitrogen and oxygen atoms in total. The number of esters is 1. The number of benzene rings is 1. The number of ether oxygens (including phenoxy) is 1. The van der Waals surface area contributed by atoms with E-state index in [2.05, 4.69) is 4.72 Å². The summed E-state index contributed by atoms with van der Waals surface area (Å²) in [7, 11) is -3.32. The van der Waals surface area contributed by atoms with Crippen molar-refractivity contribution in [1.29, 1.82) is 0 Å². The Bertz CT molecular complexity index is 705. The van der Waals surface area contributed by atoms with E-state index in [0.717, 1.165) is 12.7 Å². The molecule has 8 heteroatoms. The zero-order chi connectivity index (χ0) is 18.4. The predicted octanol–water partition coefficient (Wildman–Crippen LogP) is 1.02. The van der Waals surface area contributed by atoms with Gasteiger partial charge in [-0.15, -0.1) is 0 Å². The fraction of sp³-hybridized carbons (Fsp3) is 0.529. The molecule has 1 aromatic carbocycles. The van der Waals surface area contributed by atoms with Gasteiger partial charge in [0.2, 0.25) is 10.0 Å². The molecule has 1 aliphatic rings. The third-order valence-corrected chi connectivity index (χ3v) is 4.70. The summed E-state index contributed by atoms with van der Waals surface area (Å²) < 4.78 is 29.8. The summed E-state index contributed by atoms with van der Waals surface area (Å²) in [6.45, 7) is 2.59. The third kappa shape index (κ3) is 6.13. The zero-order valence-corrected chi connectivity index (χ0v) is 15.3. The molecule has 0 radical (unpaired) electrons. The van der Waals surface area contributed by atoms with E-state index in [0.29, 0.717) is 25.1 Å². The van der Waals surface area contributed by atoms with Crippen molar-refractivity contribution in [3.8, 4) is 0 Å². The molecule has 1 aromatic rings. The van der Waals surface area contributed by atoms with Gasteiger partial charge in [0.1, 0.15) is 6.10 Å². The molecule has 2 atom stereocenters. The molecule has 1 fully saturated rings. The second-order valence-electron chi connectivity index (χ2n) is 6.32. The number of hydrogen-bond donors (Lipinski definition) is 1. The lowest BCUT2D eigenvalue weighted by Gasteiger charge is -2.32. The quantitative estimate of drug-likeness (QED) is 0.757. The Morgan fingerprint density at radius 1 is 1.32 bits per heavy atom. The van der Waals surface area contributed by atoms with Crippen molar-refractivity contribution >= 4 is 21.9 Å². The number of hydrogen-bond acceptors (Lipinski definition) is 5. The van der Waals surface area contributed by atoms with Gasteiger partial charge >= 0.3 is 5.97 Å². The molecule has 0 spiro atoms. The summed E-state index contributed by atoms with van der Waals surface area (Å²) in [5.74, 6) is -0.875. The fourth-order valence-corrected chi connectivity index (χ4v) is 3.26. The Morgan fingerprint density at radius 3 is 2.64 bits per heavy atom. The van der Waals surface area contributed by atoms with Crippen molar-refractivity contribution in [2.45, 2.75) is 25.9 Å². The predicted molar refractivity (Wildman–Crippen MR) is 93.5 cm³/mol. The molecule has 1 amide bonds. The topological polar surface area (TPSA) is 92.8 Å². The normalized spacial score (nSPS) is 19.3. The van der Waals surface area contributed by atoms with Crippen molar-refractivity contribution in [2.24, 2.45) is 5.92 Å². The number of amides is 1. The van der Waals surface area contributed by atoms with Crippen LogP contribution in [0.1, 0.15) is 30.1 Å². The van der Waals surface area contributed by atoms with Gasteiger partial charge in [-0.05, 0) is 31.9 Å². The molecule has 1 aliphatic heterocycles. The van der Waals surface area contributed by atoms with Crippen molar-refractivity contribution in [3.05, 3.63) is 35.9 Å². The average molecular weight is 368 g/mol. The van der Waals surface area contributed by atoms with Crippen LogP contribution in [0, 0.1) is 5.92 Å². The van der Waals surface area contributed by atoms with Crippen LogP contribution < -0.4 is 4.72 Å². The molecule has 1 N–H and O–H groups in total. The lowest BCUT2D eigenvalue weighted by Crippen LogP contribution is -2.44. The maximum absolute atomic E-state index is 12.5. The van der Waals surface area contributed by atoms with Crippen LogP contribution in [0.3, 0.4) is 0 Å². The standard InChI is InChI=1S/C17H24N2O5S/c1-13(11-18-25(2,22)23)24-17(21)15-9-6-10-19(12-15)16(20)14-7-4-3-5-8-14/h3-5,7-8,13,15,18H,6,9-12H2,1-2H3. The van der Waals surface area contributed by atoms with Gasteiger partial charge < -0.3 is 9.64 Å². The number of carbonyl (C=O) groups is 2. The summed E-state index contributed by atoms with van der Waals surface area (Å²) >= 11 is 0. The molecular weight excluding hydrogens is 344 g/mol. The number of sulfonamides is 1. The number of nitrogens with zero attached hydrogens (tertiary/aromatic N) is 1. The maximum Gasteiger partial charge on any atom is 0.311 e. The Kier molecular flexibility index (Phi) is 6.55. The van der Waals surface area contributed by atoms with E-state index >= 15 is 0 Å². The molecule has 0 saturated carbocycles. The molecule has 138 valence electrons. The lowest BCUT2D eigenvalue weighted by atomic mass is 9.97. The van der Waals surface area contributed by atoms with Gasteiger partial charge in [0.05, 0.1) is 12.2 Å².